The van der Waals surface area contributed by atoms with Crippen LogP contribution >= 0.6 is 11.3 Å². The van der Waals surface area contributed by atoms with Crippen molar-refractivity contribution < 1.29 is 9.32 Å². The Balaban J connectivity index is 2.01. The van der Waals surface area contributed by atoms with Gasteiger partial charge in [-0.25, -0.2) is 0 Å². The lowest BCUT2D eigenvalue weighted by molar-refractivity contribution is 0.101. The van der Waals surface area contributed by atoms with E-state index in [4.69, 9.17) is 4.52 Å². The molecule has 0 atom stereocenters. The van der Waals surface area contributed by atoms with Gasteiger partial charge in [0.25, 0.3) is 5.91 Å². The van der Waals surface area contributed by atoms with Crippen LogP contribution in [0, 0.1) is 12.8 Å². The summed E-state index contributed by atoms with van der Waals surface area (Å²) in [5, 5.41) is 15.6. The van der Waals surface area contributed by atoms with Crippen LogP contribution in [0.5, 0.6) is 0 Å². The van der Waals surface area contributed by atoms with Crippen molar-refractivity contribution >= 4 is 22.4 Å². The maximum Gasteiger partial charge on any atom is 0.279 e. The average Bonchev–Trinajstić information content (AvgIpc) is 2.87. The maximum absolute atomic E-state index is 11.8. The zero-order valence-corrected chi connectivity index (χ0v) is 11.2. The van der Waals surface area contributed by atoms with E-state index in [1.807, 2.05) is 0 Å². The van der Waals surface area contributed by atoms with Crippen molar-refractivity contribution in [2.75, 3.05) is 5.32 Å². The molecule has 0 aliphatic heterocycles. The second-order valence-corrected chi connectivity index (χ2v) is 5.44. The smallest absolute Gasteiger partial charge is 0.279 e. The summed E-state index contributed by atoms with van der Waals surface area (Å²) in [6, 6.07) is 1.57. The molecule has 2 heterocycles. The Labute approximate surface area is 108 Å². The third-order valence-corrected chi connectivity index (χ3v) is 2.99. The Hall–Kier alpha value is -1.76. The number of hydrogen-bond donors (Lipinski definition) is 1. The number of aromatic nitrogens is 3. The zero-order valence-electron chi connectivity index (χ0n) is 10.4. The molecular formula is C11H14N4O2S. The van der Waals surface area contributed by atoms with E-state index in [0.29, 0.717) is 16.8 Å². The normalized spacial score (nSPS) is 10.9. The molecule has 0 aromatic carbocycles. The molecule has 0 saturated carbocycles. The van der Waals surface area contributed by atoms with Crippen LogP contribution in [0.4, 0.5) is 5.13 Å². The van der Waals surface area contributed by atoms with E-state index in [2.05, 4.69) is 34.5 Å². The Morgan fingerprint density at radius 3 is 2.89 bits per heavy atom. The summed E-state index contributed by atoms with van der Waals surface area (Å²) < 4.78 is 4.84. The number of nitrogens with one attached hydrogen (secondary N) is 1. The molecular weight excluding hydrogens is 252 g/mol. The SMILES string of the molecule is Cc1cc(C(=O)Nc2nnc(CC(C)C)s2)no1. The first kappa shape index (κ1) is 12.7. The molecule has 2 rings (SSSR count). The van der Waals surface area contributed by atoms with Crippen molar-refractivity contribution in [2.45, 2.75) is 27.2 Å². The van der Waals surface area contributed by atoms with E-state index in [1.165, 1.54) is 11.3 Å². The molecule has 0 radical (unpaired) electrons. The molecule has 1 amide bonds. The average molecular weight is 266 g/mol. The molecule has 0 unspecified atom stereocenters. The van der Waals surface area contributed by atoms with E-state index in [1.54, 1.807) is 13.0 Å². The number of carbonyl (C=O) groups excluding carboxylic acids is 1. The Morgan fingerprint density at radius 2 is 2.28 bits per heavy atom. The molecule has 2 aromatic rings. The standard InChI is InChI=1S/C11H14N4O2S/c1-6(2)4-9-13-14-11(18-9)12-10(16)8-5-7(3)17-15-8/h5-6H,4H2,1-3H3,(H,12,14,16). The lowest BCUT2D eigenvalue weighted by Crippen LogP contribution is -2.11. The second-order valence-electron chi connectivity index (χ2n) is 4.38. The van der Waals surface area contributed by atoms with Crippen molar-refractivity contribution in [3.05, 3.63) is 22.5 Å². The summed E-state index contributed by atoms with van der Waals surface area (Å²) in [4.78, 5) is 11.8. The van der Waals surface area contributed by atoms with E-state index in [0.717, 1.165) is 11.4 Å². The number of aryl methyl sites for hydroxylation is 1. The number of rotatable bonds is 4. The predicted octanol–water partition coefficient (Wildman–Crippen LogP) is 2.29. The molecule has 0 bridgehead atoms. The highest BCUT2D eigenvalue weighted by Crippen LogP contribution is 2.18. The zero-order chi connectivity index (χ0) is 13.1. The fourth-order valence-corrected chi connectivity index (χ4v) is 2.32. The molecule has 1 N–H and O–H groups in total. The maximum atomic E-state index is 11.8. The van der Waals surface area contributed by atoms with Crippen molar-refractivity contribution in [1.29, 1.82) is 0 Å². The number of hydrogen-bond acceptors (Lipinski definition) is 6. The fourth-order valence-electron chi connectivity index (χ4n) is 1.37. The van der Waals surface area contributed by atoms with Crippen LogP contribution in [0.3, 0.4) is 0 Å². The van der Waals surface area contributed by atoms with Gasteiger partial charge in [-0.3, -0.25) is 10.1 Å². The lowest BCUT2D eigenvalue weighted by atomic mass is 10.1. The quantitative estimate of drug-likeness (QED) is 0.918. The molecule has 7 heteroatoms. The van der Waals surface area contributed by atoms with Gasteiger partial charge < -0.3 is 4.52 Å². The summed E-state index contributed by atoms with van der Waals surface area (Å²) in [5.74, 6) is 0.775. The van der Waals surface area contributed by atoms with Gasteiger partial charge in [-0.1, -0.05) is 30.3 Å². The van der Waals surface area contributed by atoms with Gasteiger partial charge in [-0.2, -0.15) is 0 Å². The third-order valence-electron chi connectivity index (χ3n) is 2.13. The highest BCUT2D eigenvalue weighted by Gasteiger charge is 2.14. The molecule has 0 fully saturated rings. The van der Waals surface area contributed by atoms with Crippen LogP contribution < -0.4 is 5.32 Å². The molecule has 0 aliphatic carbocycles. The van der Waals surface area contributed by atoms with Crippen LogP contribution in [0.25, 0.3) is 0 Å². The summed E-state index contributed by atoms with van der Waals surface area (Å²) >= 11 is 1.38. The summed E-state index contributed by atoms with van der Waals surface area (Å²) in [6.45, 7) is 5.95. The van der Waals surface area contributed by atoms with Gasteiger partial charge in [0.05, 0.1) is 0 Å². The van der Waals surface area contributed by atoms with Crippen LogP contribution in [0.1, 0.15) is 35.1 Å². The molecule has 0 saturated heterocycles. The van der Waals surface area contributed by atoms with Crippen molar-refractivity contribution in [1.82, 2.24) is 15.4 Å². The number of carbonyl (C=O) groups is 1. The van der Waals surface area contributed by atoms with Gasteiger partial charge in [0.15, 0.2) is 5.69 Å². The summed E-state index contributed by atoms with van der Waals surface area (Å²) in [5.41, 5.74) is 0.244. The first-order valence-corrected chi connectivity index (χ1v) is 6.43. The monoisotopic (exact) mass is 266 g/mol. The fraction of sp³-hybridized carbons (Fsp3) is 0.455. The first-order chi connectivity index (χ1) is 8.54. The molecule has 18 heavy (non-hydrogen) atoms. The number of amides is 1. The van der Waals surface area contributed by atoms with E-state index < -0.39 is 0 Å². The van der Waals surface area contributed by atoms with Crippen LogP contribution in [0.15, 0.2) is 10.6 Å². The van der Waals surface area contributed by atoms with E-state index in [-0.39, 0.29) is 11.6 Å². The minimum atomic E-state index is -0.334. The molecule has 96 valence electrons. The molecule has 2 aromatic heterocycles. The second kappa shape index (κ2) is 5.26. The van der Waals surface area contributed by atoms with Crippen LogP contribution in [0.2, 0.25) is 0 Å². The van der Waals surface area contributed by atoms with Gasteiger partial charge in [-0.15, -0.1) is 10.2 Å². The van der Waals surface area contributed by atoms with Crippen molar-refractivity contribution in [3.63, 3.8) is 0 Å². The predicted molar refractivity (Wildman–Crippen MR) is 67.6 cm³/mol. The molecule has 6 nitrogen and oxygen atoms in total. The van der Waals surface area contributed by atoms with Gasteiger partial charge in [-0.05, 0) is 12.8 Å². The minimum Gasteiger partial charge on any atom is -0.361 e. The van der Waals surface area contributed by atoms with Gasteiger partial charge >= 0.3 is 0 Å². The third kappa shape index (κ3) is 3.13. The van der Waals surface area contributed by atoms with Crippen LogP contribution in [-0.4, -0.2) is 21.3 Å². The first-order valence-electron chi connectivity index (χ1n) is 5.61. The highest BCUT2D eigenvalue weighted by atomic mass is 32.1. The molecule has 0 aliphatic rings. The Morgan fingerprint density at radius 1 is 1.50 bits per heavy atom. The minimum absolute atomic E-state index is 0.244. The van der Waals surface area contributed by atoms with Crippen molar-refractivity contribution in [3.8, 4) is 0 Å². The van der Waals surface area contributed by atoms with E-state index >= 15 is 0 Å². The van der Waals surface area contributed by atoms with Crippen molar-refractivity contribution in [2.24, 2.45) is 5.92 Å². The number of anilines is 1. The summed E-state index contributed by atoms with van der Waals surface area (Å²) in [7, 11) is 0. The lowest BCUT2D eigenvalue weighted by Gasteiger charge is -1.97. The molecule has 0 spiro atoms. The van der Waals surface area contributed by atoms with Gasteiger partial charge in [0.2, 0.25) is 5.13 Å². The van der Waals surface area contributed by atoms with Gasteiger partial charge in [0, 0.05) is 12.5 Å². The van der Waals surface area contributed by atoms with Gasteiger partial charge in [0.1, 0.15) is 10.8 Å². The largest absolute Gasteiger partial charge is 0.361 e. The topological polar surface area (TPSA) is 80.9 Å². The van der Waals surface area contributed by atoms with Crippen LogP contribution in [-0.2, 0) is 6.42 Å². The number of nitrogens with zero attached hydrogens (tertiary/aromatic N) is 3. The Kier molecular flexibility index (Phi) is 3.71. The Bertz CT molecular complexity index is 547. The van der Waals surface area contributed by atoms with E-state index in [9.17, 15) is 4.79 Å². The summed E-state index contributed by atoms with van der Waals surface area (Å²) in [6.07, 6.45) is 0.858. The highest BCUT2D eigenvalue weighted by molar-refractivity contribution is 7.15.